The van der Waals surface area contributed by atoms with E-state index >= 15 is 0 Å². The van der Waals surface area contributed by atoms with Crippen LogP contribution in [0.25, 0.3) is 0 Å². The lowest BCUT2D eigenvalue weighted by molar-refractivity contribution is 0.182. The molecule has 0 saturated heterocycles. The molecule has 18 heavy (non-hydrogen) atoms. The molecule has 3 nitrogen and oxygen atoms in total. The van der Waals surface area contributed by atoms with E-state index in [0.717, 1.165) is 18.3 Å². The smallest absolute Gasteiger partial charge is 0.0521 e. The van der Waals surface area contributed by atoms with Crippen LogP contribution >= 0.6 is 0 Å². The molecule has 1 aromatic heterocycles. The van der Waals surface area contributed by atoms with Crippen LogP contribution in [0.5, 0.6) is 0 Å². The third kappa shape index (κ3) is 3.35. The molecule has 2 rings (SSSR count). The Morgan fingerprint density at radius 3 is 2.83 bits per heavy atom. The van der Waals surface area contributed by atoms with Gasteiger partial charge in [0.15, 0.2) is 0 Å². The van der Waals surface area contributed by atoms with Crippen LogP contribution in [-0.2, 0) is 13.5 Å². The zero-order valence-electron chi connectivity index (χ0n) is 12.0. The van der Waals surface area contributed by atoms with Crippen molar-refractivity contribution in [3.8, 4) is 0 Å². The summed E-state index contributed by atoms with van der Waals surface area (Å²) >= 11 is 0. The van der Waals surface area contributed by atoms with Crippen molar-refractivity contribution in [2.45, 2.75) is 52.0 Å². The maximum Gasteiger partial charge on any atom is 0.0521 e. The van der Waals surface area contributed by atoms with Crippen LogP contribution in [0.15, 0.2) is 12.4 Å². The minimum Gasteiger partial charge on any atom is -0.327 e. The summed E-state index contributed by atoms with van der Waals surface area (Å²) in [5.74, 6) is 2.38. The fourth-order valence-corrected chi connectivity index (χ4v) is 3.21. The van der Waals surface area contributed by atoms with E-state index in [1.54, 1.807) is 0 Å². The maximum atomic E-state index is 6.29. The van der Waals surface area contributed by atoms with E-state index in [2.05, 4.69) is 25.1 Å². The standard InChI is InChI=1S/C15H27N3/c1-11(2)13-6-7-15(16)14(8-13)5-4-12-9-17-18(3)10-12/h9-11,13-15H,4-8,16H2,1-3H3. The molecule has 102 valence electrons. The van der Waals surface area contributed by atoms with Crippen LogP contribution < -0.4 is 5.73 Å². The van der Waals surface area contributed by atoms with Crippen LogP contribution in [0.3, 0.4) is 0 Å². The summed E-state index contributed by atoms with van der Waals surface area (Å²) < 4.78 is 1.88. The average Bonchev–Trinajstić information content (AvgIpc) is 2.74. The molecule has 0 amide bonds. The van der Waals surface area contributed by atoms with Crippen molar-refractivity contribution in [2.75, 3.05) is 0 Å². The number of nitrogens with zero attached hydrogens (tertiary/aromatic N) is 2. The number of hydrogen-bond acceptors (Lipinski definition) is 2. The van der Waals surface area contributed by atoms with E-state index in [1.165, 1.54) is 31.2 Å². The van der Waals surface area contributed by atoms with E-state index in [0.29, 0.717) is 12.0 Å². The summed E-state index contributed by atoms with van der Waals surface area (Å²) in [5, 5.41) is 4.23. The van der Waals surface area contributed by atoms with Gasteiger partial charge in [-0.2, -0.15) is 5.10 Å². The average molecular weight is 249 g/mol. The van der Waals surface area contributed by atoms with Crippen LogP contribution in [0.2, 0.25) is 0 Å². The predicted octanol–water partition coefficient (Wildman–Crippen LogP) is 2.75. The van der Waals surface area contributed by atoms with E-state index in [9.17, 15) is 0 Å². The van der Waals surface area contributed by atoms with Crippen molar-refractivity contribution in [3.63, 3.8) is 0 Å². The lowest BCUT2D eigenvalue weighted by Crippen LogP contribution is -2.37. The molecule has 2 N–H and O–H groups in total. The topological polar surface area (TPSA) is 43.8 Å². The maximum absolute atomic E-state index is 6.29. The van der Waals surface area contributed by atoms with Crippen molar-refractivity contribution in [3.05, 3.63) is 18.0 Å². The fraction of sp³-hybridized carbons (Fsp3) is 0.800. The molecule has 1 heterocycles. The second kappa shape index (κ2) is 5.87. The highest BCUT2D eigenvalue weighted by Gasteiger charge is 2.29. The molecule has 0 aliphatic heterocycles. The predicted molar refractivity (Wildman–Crippen MR) is 75.2 cm³/mol. The summed E-state index contributed by atoms with van der Waals surface area (Å²) in [6.45, 7) is 4.69. The first-order chi connectivity index (χ1) is 8.56. The molecular formula is C15H27N3. The van der Waals surface area contributed by atoms with Gasteiger partial charge in [-0.05, 0) is 55.4 Å². The highest BCUT2D eigenvalue weighted by atomic mass is 15.2. The van der Waals surface area contributed by atoms with E-state index in [1.807, 2.05) is 17.9 Å². The summed E-state index contributed by atoms with van der Waals surface area (Å²) in [7, 11) is 1.98. The van der Waals surface area contributed by atoms with Crippen LogP contribution in [0, 0.1) is 17.8 Å². The Morgan fingerprint density at radius 2 is 2.22 bits per heavy atom. The molecule has 1 fully saturated rings. The molecule has 1 aliphatic rings. The summed E-state index contributed by atoms with van der Waals surface area (Å²) in [6, 6.07) is 0.414. The van der Waals surface area contributed by atoms with Gasteiger partial charge in [-0.25, -0.2) is 0 Å². The summed E-state index contributed by atoms with van der Waals surface area (Å²) in [4.78, 5) is 0. The molecule has 3 atom stereocenters. The van der Waals surface area contributed by atoms with Gasteiger partial charge in [-0.3, -0.25) is 4.68 Å². The fourth-order valence-electron chi connectivity index (χ4n) is 3.21. The van der Waals surface area contributed by atoms with Crippen molar-refractivity contribution >= 4 is 0 Å². The Kier molecular flexibility index (Phi) is 4.44. The summed E-state index contributed by atoms with van der Waals surface area (Å²) in [5.41, 5.74) is 7.63. The van der Waals surface area contributed by atoms with Crippen molar-refractivity contribution in [2.24, 2.45) is 30.5 Å². The highest BCUT2D eigenvalue weighted by molar-refractivity contribution is 5.04. The molecule has 1 aliphatic carbocycles. The van der Waals surface area contributed by atoms with Crippen LogP contribution in [0.4, 0.5) is 0 Å². The Labute approximate surface area is 111 Å². The molecule has 1 saturated carbocycles. The number of aromatic nitrogens is 2. The molecule has 0 spiro atoms. The third-order valence-electron chi connectivity index (χ3n) is 4.59. The molecule has 3 unspecified atom stereocenters. The lowest BCUT2D eigenvalue weighted by atomic mass is 9.72. The van der Waals surface area contributed by atoms with E-state index in [-0.39, 0.29) is 0 Å². The zero-order chi connectivity index (χ0) is 13.1. The monoisotopic (exact) mass is 249 g/mol. The lowest BCUT2D eigenvalue weighted by Gasteiger charge is -2.36. The first kappa shape index (κ1) is 13.6. The van der Waals surface area contributed by atoms with Gasteiger partial charge < -0.3 is 5.73 Å². The Bertz CT molecular complexity index is 370. The second-order valence-corrected chi connectivity index (χ2v) is 6.30. The van der Waals surface area contributed by atoms with Gasteiger partial charge in [0.2, 0.25) is 0 Å². The van der Waals surface area contributed by atoms with E-state index < -0.39 is 0 Å². The number of aryl methyl sites for hydroxylation is 2. The van der Waals surface area contributed by atoms with Gasteiger partial charge in [-0.1, -0.05) is 13.8 Å². The Morgan fingerprint density at radius 1 is 1.44 bits per heavy atom. The van der Waals surface area contributed by atoms with Crippen molar-refractivity contribution in [1.29, 1.82) is 0 Å². The molecule has 0 radical (unpaired) electrons. The van der Waals surface area contributed by atoms with Gasteiger partial charge in [0, 0.05) is 19.3 Å². The third-order valence-corrected chi connectivity index (χ3v) is 4.59. The molecule has 3 heteroatoms. The van der Waals surface area contributed by atoms with Gasteiger partial charge >= 0.3 is 0 Å². The summed E-state index contributed by atoms with van der Waals surface area (Å²) in [6.07, 6.45) is 10.3. The largest absolute Gasteiger partial charge is 0.327 e. The molecule has 1 aromatic rings. The minimum atomic E-state index is 0.414. The van der Waals surface area contributed by atoms with Gasteiger partial charge in [0.1, 0.15) is 0 Å². The number of hydrogen-bond donors (Lipinski definition) is 1. The van der Waals surface area contributed by atoms with Crippen LogP contribution in [0.1, 0.15) is 45.1 Å². The zero-order valence-corrected chi connectivity index (χ0v) is 12.0. The minimum absolute atomic E-state index is 0.414. The van der Waals surface area contributed by atoms with E-state index in [4.69, 9.17) is 5.73 Å². The first-order valence-electron chi connectivity index (χ1n) is 7.29. The molecule has 0 aromatic carbocycles. The second-order valence-electron chi connectivity index (χ2n) is 6.30. The molecule has 0 bridgehead atoms. The van der Waals surface area contributed by atoms with Gasteiger partial charge in [0.25, 0.3) is 0 Å². The highest BCUT2D eigenvalue weighted by Crippen LogP contribution is 2.35. The molecular weight excluding hydrogens is 222 g/mol. The Balaban J connectivity index is 1.86. The first-order valence-corrected chi connectivity index (χ1v) is 7.29. The SMILES string of the molecule is CC(C)C1CCC(N)C(CCc2cnn(C)c2)C1. The normalized spacial score (nSPS) is 28.8. The van der Waals surface area contributed by atoms with Crippen LogP contribution in [-0.4, -0.2) is 15.8 Å². The van der Waals surface area contributed by atoms with Gasteiger partial charge in [-0.15, -0.1) is 0 Å². The Hall–Kier alpha value is -0.830. The van der Waals surface area contributed by atoms with Crippen molar-refractivity contribution in [1.82, 2.24) is 9.78 Å². The quantitative estimate of drug-likeness (QED) is 0.891. The van der Waals surface area contributed by atoms with Crippen molar-refractivity contribution < 1.29 is 0 Å². The van der Waals surface area contributed by atoms with Gasteiger partial charge in [0.05, 0.1) is 6.20 Å². The number of rotatable bonds is 4. The number of nitrogens with two attached hydrogens (primary N) is 1.